The number of primary amides is 1. The van der Waals surface area contributed by atoms with Crippen molar-refractivity contribution in [1.82, 2.24) is 0 Å². The minimum Gasteiger partial charge on any atom is -0.369 e. The number of nitrogens with two attached hydrogens (primary N) is 1. The molecule has 0 saturated carbocycles. The van der Waals surface area contributed by atoms with E-state index in [1.54, 1.807) is 0 Å². The number of β-lactam (4-membered cyclic amide) rings is 1. The maximum Gasteiger partial charge on any atom is 0.233 e. The number of aryl methyl sites for hydroxylation is 1. The lowest BCUT2D eigenvalue weighted by atomic mass is 9.66. The largest absolute Gasteiger partial charge is 0.369 e. The Bertz CT molecular complexity index is 921. The predicted molar refractivity (Wildman–Crippen MR) is 111 cm³/mol. The summed E-state index contributed by atoms with van der Waals surface area (Å²) in [6, 6.07) is 15.4. The van der Waals surface area contributed by atoms with Crippen molar-refractivity contribution in [1.29, 1.82) is 0 Å². The topological polar surface area (TPSA) is 63.4 Å². The third-order valence-electron chi connectivity index (χ3n) is 5.91. The van der Waals surface area contributed by atoms with Crippen LogP contribution >= 0.6 is 11.6 Å². The lowest BCUT2D eigenvalue weighted by Gasteiger charge is -2.51. The molecule has 2 amide bonds. The molecular weight excluding hydrogens is 372 g/mol. The van der Waals surface area contributed by atoms with E-state index in [4.69, 9.17) is 17.3 Å². The van der Waals surface area contributed by atoms with Gasteiger partial charge in [0.05, 0.1) is 12.0 Å². The van der Waals surface area contributed by atoms with Gasteiger partial charge in [0.2, 0.25) is 11.8 Å². The van der Waals surface area contributed by atoms with E-state index >= 15 is 0 Å². The van der Waals surface area contributed by atoms with E-state index in [0.29, 0.717) is 11.4 Å². The van der Waals surface area contributed by atoms with E-state index in [-0.39, 0.29) is 35.6 Å². The van der Waals surface area contributed by atoms with Gasteiger partial charge in [-0.25, -0.2) is 0 Å². The summed E-state index contributed by atoms with van der Waals surface area (Å²) in [6.45, 7) is 2.02. The first-order valence-electron chi connectivity index (χ1n) is 9.58. The quantitative estimate of drug-likeness (QED) is 0.616. The highest BCUT2D eigenvalue weighted by Gasteiger charge is 2.54. The van der Waals surface area contributed by atoms with Crippen molar-refractivity contribution in [3.05, 3.63) is 76.8 Å². The van der Waals surface area contributed by atoms with E-state index in [2.05, 4.69) is 6.08 Å². The van der Waals surface area contributed by atoms with Crippen LogP contribution in [0.25, 0.3) is 0 Å². The van der Waals surface area contributed by atoms with Crippen LogP contribution in [0.2, 0.25) is 5.02 Å². The number of halogens is 1. The van der Waals surface area contributed by atoms with Crippen LogP contribution < -0.4 is 10.6 Å². The molecule has 1 aliphatic heterocycles. The minimum absolute atomic E-state index is 0.0339. The van der Waals surface area contributed by atoms with Gasteiger partial charge in [-0.3, -0.25) is 9.59 Å². The number of hydrogen-bond donors (Lipinski definition) is 1. The van der Waals surface area contributed by atoms with Crippen molar-refractivity contribution >= 4 is 29.1 Å². The van der Waals surface area contributed by atoms with Crippen molar-refractivity contribution in [3.63, 3.8) is 0 Å². The average molecular weight is 395 g/mol. The number of benzene rings is 2. The molecule has 1 fully saturated rings. The Labute approximate surface area is 170 Å². The molecule has 0 spiro atoms. The van der Waals surface area contributed by atoms with Crippen LogP contribution in [-0.4, -0.2) is 11.8 Å². The summed E-state index contributed by atoms with van der Waals surface area (Å²) in [4.78, 5) is 27.1. The Morgan fingerprint density at radius 3 is 2.43 bits per heavy atom. The molecule has 0 bridgehead atoms. The normalized spacial score (nSPS) is 26.8. The smallest absolute Gasteiger partial charge is 0.233 e. The Kier molecular flexibility index (Phi) is 4.98. The Hall–Kier alpha value is -2.59. The van der Waals surface area contributed by atoms with Gasteiger partial charge in [0.25, 0.3) is 0 Å². The lowest BCUT2D eigenvalue weighted by molar-refractivity contribution is -0.135. The van der Waals surface area contributed by atoms with Crippen LogP contribution in [0.4, 0.5) is 5.69 Å². The number of rotatable bonds is 4. The zero-order valence-electron chi connectivity index (χ0n) is 15.7. The van der Waals surface area contributed by atoms with Gasteiger partial charge in [0, 0.05) is 22.5 Å². The fourth-order valence-electron chi connectivity index (χ4n) is 4.45. The second-order valence-corrected chi connectivity index (χ2v) is 8.09. The standard InChI is InChI=1S/C23H23ClN2O2/c1-14-6-12-17(13-7-14)26-21(15-8-10-16(24)11-9-15)20(23(26)28)18-4-2-3-5-19(18)22(25)27/h2,4,6-13,18-21H,3,5H2,1H3,(H2,25,27)/t18-,19+,20+,21+/m0/s1. The number of carbonyl (C=O) groups excluding carboxylic acids is 2. The summed E-state index contributed by atoms with van der Waals surface area (Å²) in [6.07, 6.45) is 5.58. The van der Waals surface area contributed by atoms with Gasteiger partial charge in [0.1, 0.15) is 0 Å². The Balaban J connectivity index is 1.75. The first kappa shape index (κ1) is 18.8. The Morgan fingerprint density at radius 2 is 1.79 bits per heavy atom. The van der Waals surface area contributed by atoms with Gasteiger partial charge < -0.3 is 10.6 Å². The van der Waals surface area contributed by atoms with Gasteiger partial charge in [0.15, 0.2) is 0 Å². The van der Waals surface area contributed by atoms with Crippen LogP contribution in [0, 0.1) is 24.7 Å². The number of amides is 2. The molecule has 0 unspecified atom stereocenters. The van der Waals surface area contributed by atoms with Crippen molar-refractivity contribution in [2.75, 3.05) is 4.90 Å². The number of hydrogen-bond acceptors (Lipinski definition) is 2. The molecule has 5 heteroatoms. The molecule has 1 saturated heterocycles. The second-order valence-electron chi connectivity index (χ2n) is 7.66. The number of nitrogens with zero attached hydrogens (tertiary/aromatic N) is 1. The highest BCUT2D eigenvalue weighted by atomic mass is 35.5. The highest BCUT2D eigenvalue weighted by molar-refractivity contribution is 6.30. The second kappa shape index (κ2) is 7.44. The minimum atomic E-state index is -0.328. The number of anilines is 1. The molecule has 4 atom stereocenters. The molecule has 4 rings (SSSR count). The summed E-state index contributed by atoms with van der Waals surface area (Å²) >= 11 is 6.07. The van der Waals surface area contributed by atoms with Gasteiger partial charge in [-0.2, -0.15) is 0 Å². The molecule has 0 aromatic heterocycles. The van der Waals surface area contributed by atoms with Gasteiger partial charge in [-0.1, -0.05) is 53.6 Å². The molecule has 2 aliphatic rings. The molecule has 2 aromatic rings. The van der Waals surface area contributed by atoms with Crippen LogP contribution in [0.15, 0.2) is 60.7 Å². The summed E-state index contributed by atoms with van der Waals surface area (Å²) in [5, 5.41) is 0.653. The van der Waals surface area contributed by atoms with Crippen molar-refractivity contribution in [3.8, 4) is 0 Å². The molecular formula is C23H23ClN2O2. The average Bonchev–Trinajstić information content (AvgIpc) is 2.69. The van der Waals surface area contributed by atoms with Crippen LogP contribution in [0.5, 0.6) is 0 Å². The van der Waals surface area contributed by atoms with E-state index in [1.165, 1.54) is 0 Å². The van der Waals surface area contributed by atoms with Crippen molar-refractivity contribution in [2.24, 2.45) is 23.5 Å². The molecule has 1 heterocycles. The SMILES string of the molecule is Cc1ccc(N2C(=O)[C@H]([C@H]3C=CCC[C@H]3C(N)=O)[C@H]2c2ccc(Cl)cc2)cc1. The number of allylic oxidation sites excluding steroid dienone is 2. The maximum absolute atomic E-state index is 13.3. The summed E-state index contributed by atoms with van der Waals surface area (Å²) in [7, 11) is 0. The maximum atomic E-state index is 13.3. The fourth-order valence-corrected chi connectivity index (χ4v) is 4.58. The molecule has 2 N–H and O–H groups in total. The first-order chi connectivity index (χ1) is 13.5. The van der Waals surface area contributed by atoms with Gasteiger partial charge >= 0.3 is 0 Å². The number of carbonyl (C=O) groups is 2. The molecule has 1 aliphatic carbocycles. The summed E-state index contributed by atoms with van der Waals surface area (Å²) in [5.41, 5.74) is 8.68. The molecule has 0 radical (unpaired) electrons. The van der Waals surface area contributed by atoms with Crippen molar-refractivity contribution < 1.29 is 9.59 Å². The van der Waals surface area contributed by atoms with E-state index in [1.807, 2.05) is 66.4 Å². The Morgan fingerprint density at radius 1 is 1.11 bits per heavy atom. The van der Waals surface area contributed by atoms with E-state index in [0.717, 1.165) is 23.2 Å². The fraction of sp³-hybridized carbons (Fsp3) is 0.304. The van der Waals surface area contributed by atoms with Crippen LogP contribution in [0.3, 0.4) is 0 Å². The van der Waals surface area contributed by atoms with Crippen molar-refractivity contribution in [2.45, 2.75) is 25.8 Å². The van der Waals surface area contributed by atoms with Crippen LogP contribution in [-0.2, 0) is 9.59 Å². The lowest BCUT2D eigenvalue weighted by Crippen LogP contribution is -2.59. The summed E-state index contributed by atoms with van der Waals surface area (Å²) in [5.74, 6) is -1.09. The highest BCUT2D eigenvalue weighted by Crippen LogP contribution is 2.50. The third kappa shape index (κ3) is 3.22. The van der Waals surface area contributed by atoms with E-state index < -0.39 is 0 Å². The van der Waals surface area contributed by atoms with Crippen LogP contribution in [0.1, 0.15) is 30.0 Å². The molecule has 2 aromatic carbocycles. The zero-order valence-corrected chi connectivity index (χ0v) is 16.5. The summed E-state index contributed by atoms with van der Waals surface area (Å²) < 4.78 is 0. The molecule has 144 valence electrons. The van der Waals surface area contributed by atoms with E-state index in [9.17, 15) is 9.59 Å². The predicted octanol–water partition coefficient (Wildman–Crippen LogP) is 4.42. The monoisotopic (exact) mass is 394 g/mol. The third-order valence-corrected chi connectivity index (χ3v) is 6.16. The van der Waals surface area contributed by atoms with Gasteiger partial charge in [-0.05, 0) is 49.6 Å². The van der Waals surface area contributed by atoms with Gasteiger partial charge in [-0.15, -0.1) is 0 Å². The molecule has 4 nitrogen and oxygen atoms in total. The first-order valence-corrected chi connectivity index (χ1v) is 9.96. The zero-order chi connectivity index (χ0) is 19.8. The molecule has 28 heavy (non-hydrogen) atoms.